The molecule has 0 saturated heterocycles. The van der Waals surface area contributed by atoms with E-state index in [1.54, 1.807) is 0 Å². The summed E-state index contributed by atoms with van der Waals surface area (Å²) in [6.45, 7) is 0. The van der Waals surface area contributed by atoms with Crippen molar-refractivity contribution < 1.29 is 9.85 Å². The summed E-state index contributed by atoms with van der Waals surface area (Å²) in [6, 6.07) is 4.21. The maximum absolute atomic E-state index is 11.4. The summed E-state index contributed by atoms with van der Waals surface area (Å²) in [7, 11) is 0. The Morgan fingerprint density at radius 1 is 1.00 bits per heavy atom. The van der Waals surface area contributed by atoms with Gasteiger partial charge in [0.2, 0.25) is 0 Å². The lowest BCUT2D eigenvalue weighted by atomic mass is 10.2. The summed E-state index contributed by atoms with van der Waals surface area (Å²) in [5.41, 5.74) is -1.28. The Morgan fingerprint density at radius 3 is 1.96 bits per heavy atom. The van der Waals surface area contributed by atoms with E-state index in [0.717, 1.165) is 0 Å². The molecule has 0 radical (unpaired) electrons. The molecule has 0 aromatic heterocycles. The standard InChI is InChI=1S/C12H5Br2Cl2N3O4S/c13-4-3-5(14)12(19(22)23)10(11(4)18(20)21)17-9-7(24)2-1-6(15)8(9)16/h1-3,17,24H. The Balaban J connectivity index is 2.81. The van der Waals surface area contributed by atoms with Crippen LogP contribution in [0.3, 0.4) is 0 Å². The predicted molar refractivity (Wildman–Crippen MR) is 102 cm³/mol. The van der Waals surface area contributed by atoms with Crippen LogP contribution in [0.4, 0.5) is 22.7 Å². The number of benzene rings is 2. The molecular weight excluding hydrogens is 513 g/mol. The SMILES string of the molecule is O=[N+]([O-])c1c(Br)cc(Br)c([N+](=O)[O-])c1Nc1c(S)ccc(Cl)c1Cl. The van der Waals surface area contributed by atoms with Gasteiger partial charge in [-0.3, -0.25) is 20.2 Å². The monoisotopic (exact) mass is 515 g/mol. The van der Waals surface area contributed by atoms with Gasteiger partial charge in [0.05, 0.1) is 34.5 Å². The topological polar surface area (TPSA) is 98.3 Å². The van der Waals surface area contributed by atoms with Crippen LogP contribution in [-0.2, 0) is 0 Å². The normalized spacial score (nSPS) is 10.5. The van der Waals surface area contributed by atoms with E-state index >= 15 is 0 Å². The molecule has 2 aromatic rings. The molecule has 0 atom stereocenters. The summed E-state index contributed by atoms with van der Waals surface area (Å²) >= 11 is 22.3. The molecule has 7 nitrogen and oxygen atoms in total. The van der Waals surface area contributed by atoms with Crippen LogP contribution in [0.25, 0.3) is 0 Å². The summed E-state index contributed by atoms with van der Waals surface area (Å²) in [5.74, 6) is 0. The van der Waals surface area contributed by atoms with Crippen molar-refractivity contribution in [3.8, 4) is 0 Å². The third-order valence-corrected chi connectivity index (χ3v) is 5.25. The fourth-order valence-corrected chi connectivity index (χ4v) is 3.99. The van der Waals surface area contributed by atoms with Gasteiger partial charge in [-0.25, -0.2) is 0 Å². The number of anilines is 2. The molecule has 0 fully saturated rings. The molecule has 0 bridgehead atoms. The van der Waals surface area contributed by atoms with Crippen LogP contribution in [-0.4, -0.2) is 9.85 Å². The average molecular weight is 518 g/mol. The Morgan fingerprint density at radius 2 is 1.50 bits per heavy atom. The van der Waals surface area contributed by atoms with Crippen molar-refractivity contribution in [3.05, 3.63) is 57.4 Å². The van der Waals surface area contributed by atoms with Crippen molar-refractivity contribution in [2.24, 2.45) is 0 Å². The van der Waals surface area contributed by atoms with Crippen LogP contribution in [0.15, 0.2) is 32.0 Å². The number of nitro benzene ring substituents is 2. The number of halogens is 4. The first kappa shape index (κ1) is 19.3. The highest BCUT2D eigenvalue weighted by Gasteiger charge is 2.32. The number of nitrogens with one attached hydrogen (secondary N) is 1. The van der Waals surface area contributed by atoms with E-state index in [4.69, 9.17) is 23.2 Å². The van der Waals surface area contributed by atoms with Crippen molar-refractivity contribution in [2.45, 2.75) is 4.90 Å². The van der Waals surface area contributed by atoms with Gasteiger partial charge >= 0.3 is 11.4 Å². The molecule has 126 valence electrons. The summed E-state index contributed by atoms with van der Waals surface area (Å²) in [6.07, 6.45) is 0. The van der Waals surface area contributed by atoms with Gasteiger partial charge in [-0.2, -0.15) is 0 Å². The molecule has 0 aliphatic heterocycles. The molecule has 2 aromatic carbocycles. The zero-order valence-corrected chi connectivity index (χ0v) is 16.8. The van der Waals surface area contributed by atoms with Crippen molar-refractivity contribution >= 4 is 90.4 Å². The lowest BCUT2D eigenvalue weighted by Crippen LogP contribution is -2.04. The highest BCUT2D eigenvalue weighted by atomic mass is 79.9. The molecular formula is C12H5Br2Cl2N3O4S. The second kappa shape index (κ2) is 7.44. The molecule has 12 heteroatoms. The van der Waals surface area contributed by atoms with E-state index in [9.17, 15) is 20.2 Å². The Kier molecular flexibility index (Phi) is 5.97. The van der Waals surface area contributed by atoms with Gasteiger partial charge in [0, 0.05) is 4.90 Å². The van der Waals surface area contributed by atoms with E-state index in [2.05, 4.69) is 49.8 Å². The minimum Gasteiger partial charge on any atom is -0.342 e. The minimum absolute atomic E-state index is 0.0314. The van der Waals surface area contributed by atoms with Crippen LogP contribution in [0.5, 0.6) is 0 Å². The molecule has 0 amide bonds. The maximum Gasteiger partial charge on any atom is 0.313 e. The van der Waals surface area contributed by atoms with E-state index < -0.39 is 21.2 Å². The number of nitrogens with zero attached hydrogens (tertiary/aromatic N) is 2. The molecule has 0 unspecified atom stereocenters. The third-order valence-electron chi connectivity index (χ3n) is 2.87. The molecule has 0 heterocycles. The lowest BCUT2D eigenvalue weighted by molar-refractivity contribution is -0.393. The van der Waals surface area contributed by atoms with Gasteiger partial charge in [-0.1, -0.05) is 23.2 Å². The first-order valence-electron chi connectivity index (χ1n) is 5.90. The van der Waals surface area contributed by atoms with E-state index in [0.29, 0.717) is 4.90 Å². The fourth-order valence-electron chi connectivity index (χ4n) is 1.86. The van der Waals surface area contributed by atoms with Crippen LogP contribution in [0.2, 0.25) is 10.0 Å². The first-order valence-corrected chi connectivity index (χ1v) is 8.68. The van der Waals surface area contributed by atoms with Crippen LogP contribution >= 0.6 is 67.7 Å². The van der Waals surface area contributed by atoms with Crippen molar-refractivity contribution in [1.29, 1.82) is 0 Å². The lowest BCUT2D eigenvalue weighted by Gasteiger charge is -2.13. The van der Waals surface area contributed by atoms with E-state index in [1.807, 2.05) is 0 Å². The molecule has 0 saturated carbocycles. The van der Waals surface area contributed by atoms with Crippen LogP contribution in [0, 0.1) is 20.2 Å². The maximum atomic E-state index is 11.4. The van der Waals surface area contributed by atoms with E-state index in [1.165, 1.54) is 18.2 Å². The highest BCUT2D eigenvalue weighted by Crippen LogP contribution is 2.48. The van der Waals surface area contributed by atoms with Gasteiger partial charge in [0.25, 0.3) is 0 Å². The van der Waals surface area contributed by atoms with Gasteiger partial charge in [0.1, 0.15) is 0 Å². The smallest absolute Gasteiger partial charge is 0.313 e. The summed E-state index contributed by atoms with van der Waals surface area (Å²) in [4.78, 5) is 21.6. The van der Waals surface area contributed by atoms with Gasteiger partial charge in [-0.05, 0) is 50.1 Å². The Hall–Kier alpha value is -1.07. The Labute approximate surface area is 167 Å². The third kappa shape index (κ3) is 3.62. The molecule has 0 aliphatic carbocycles. The van der Waals surface area contributed by atoms with Gasteiger partial charge in [-0.15, -0.1) is 12.6 Å². The average Bonchev–Trinajstić information content (AvgIpc) is 2.46. The number of rotatable bonds is 4. The molecule has 2 rings (SSSR count). The highest BCUT2D eigenvalue weighted by molar-refractivity contribution is 9.11. The number of thiol groups is 1. The molecule has 24 heavy (non-hydrogen) atoms. The van der Waals surface area contributed by atoms with Gasteiger partial charge < -0.3 is 5.32 Å². The quantitative estimate of drug-likeness (QED) is 0.279. The van der Waals surface area contributed by atoms with Crippen molar-refractivity contribution in [2.75, 3.05) is 5.32 Å². The first-order chi connectivity index (χ1) is 11.1. The zero-order chi connectivity index (χ0) is 18.2. The van der Waals surface area contributed by atoms with Crippen molar-refractivity contribution in [3.63, 3.8) is 0 Å². The number of hydrogen-bond donors (Lipinski definition) is 2. The Bertz CT molecular complexity index is 844. The predicted octanol–water partition coefficient (Wildman–Crippen LogP) is 6.37. The van der Waals surface area contributed by atoms with E-state index in [-0.39, 0.29) is 30.4 Å². The van der Waals surface area contributed by atoms with Crippen molar-refractivity contribution in [1.82, 2.24) is 0 Å². The van der Waals surface area contributed by atoms with Crippen LogP contribution in [0.1, 0.15) is 0 Å². The largest absolute Gasteiger partial charge is 0.342 e. The van der Waals surface area contributed by atoms with Gasteiger partial charge in [0.15, 0.2) is 5.69 Å². The number of nitro groups is 2. The summed E-state index contributed by atoms with van der Waals surface area (Å²) < 4.78 is 0.0951. The second-order valence-corrected chi connectivity index (χ2v) is 7.28. The second-order valence-electron chi connectivity index (χ2n) is 4.31. The fraction of sp³-hybridized carbons (Fsp3) is 0. The summed E-state index contributed by atoms with van der Waals surface area (Å²) in [5, 5.41) is 25.6. The molecule has 1 N–H and O–H groups in total. The number of hydrogen-bond acceptors (Lipinski definition) is 6. The van der Waals surface area contributed by atoms with Crippen LogP contribution < -0.4 is 5.32 Å². The minimum atomic E-state index is -0.748. The zero-order valence-electron chi connectivity index (χ0n) is 11.2. The molecule has 0 spiro atoms. The molecule has 0 aliphatic rings.